The number of ether oxygens (including phenoxy) is 3. The van der Waals surface area contributed by atoms with Crippen LogP contribution in [-0.2, 0) is 16.1 Å². The summed E-state index contributed by atoms with van der Waals surface area (Å²) in [4.78, 5) is 31.0. The molecule has 0 radical (unpaired) electrons. The summed E-state index contributed by atoms with van der Waals surface area (Å²) < 4.78 is 29.1. The van der Waals surface area contributed by atoms with E-state index in [0.717, 1.165) is 5.56 Å². The Morgan fingerprint density at radius 1 is 1.09 bits per heavy atom. The van der Waals surface area contributed by atoms with Gasteiger partial charge in [-0.25, -0.2) is 14.2 Å². The van der Waals surface area contributed by atoms with Crippen LogP contribution in [0.4, 0.5) is 4.39 Å². The van der Waals surface area contributed by atoms with Crippen molar-refractivity contribution < 1.29 is 28.2 Å². The maximum Gasteiger partial charge on any atom is 0.350 e. The van der Waals surface area contributed by atoms with Gasteiger partial charge < -0.3 is 19.1 Å². The van der Waals surface area contributed by atoms with Crippen LogP contribution in [0.15, 0.2) is 42.5 Å². The minimum absolute atomic E-state index is 0.206. The quantitative estimate of drug-likeness (QED) is 0.473. The van der Waals surface area contributed by atoms with Gasteiger partial charge in [0.25, 0.3) is 5.91 Å². The third kappa shape index (κ3) is 5.42. The molecule has 1 aromatic heterocycles. The molecule has 32 heavy (non-hydrogen) atoms. The zero-order valence-corrected chi connectivity index (χ0v) is 19.0. The summed E-state index contributed by atoms with van der Waals surface area (Å²) in [7, 11) is 4.66. The topological polar surface area (TPSA) is 78.0 Å². The van der Waals surface area contributed by atoms with E-state index >= 15 is 0 Å². The average Bonchev–Trinajstić information content (AvgIpc) is 3.18. The number of carbonyl (C=O) groups excluding carboxylic acids is 2. The van der Waals surface area contributed by atoms with E-state index < -0.39 is 18.5 Å². The van der Waals surface area contributed by atoms with E-state index in [1.807, 2.05) is 6.07 Å². The first-order valence-corrected chi connectivity index (χ1v) is 10.5. The van der Waals surface area contributed by atoms with Crippen molar-refractivity contribution >= 4 is 23.2 Å². The predicted octanol–water partition coefficient (Wildman–Crippen LogP) is 4.09. The largest absolute Gasteiger partial charge is 0.493 e. The van der Waals surface area contributed by atoms with Crippen LogP contribution in [0.3, 0.4) is 0 Å². The number of aryl methyl sites for hydroxylation is 1. The Labute approximate surface area is 189 Å². The normalized spacial score (nSPS) is 10.5. The molecule has 1 heterocycles. The van der Waals surface area contributed by atoms with E-state index in [9.17, 15) is 14.0 Å². The predicted molar refractivity (Wildman–Crippen MR) is 119 cm³/mol. The molecule has 3 rings (SSSR count). The number of aromatic nitrogens is 1. The van der Waals surface area contributed by atoms with Crippen LogP contribution >= 0.6 is 11.3 Å². The smallest absolute Gasteiger partial charge is 0.350 e. The van der Waals surface area contributed by atoms with Crippen LogP contribution in [0.2, 0.25) is 0 Å². The Hall–Kier alpha value is -3.46. The second-order valence-electron chi connectivity index (χ2n) is 6.96. The average molecular weight is 459 g/mol. The molecule has 9 heteroatoms. The number of amides is 1. The van der Waals surface area contributed by atoms with Crippen LogP contribution in [0.5, 0.6) is 11.5 Å². The molecular weight excluding hydrogens is 435 g/mol. The Bertz CT molecular complexity index is 1130. The summed E-state index contributed by atoms with van der Waals surface area (Å²) in [6, 6.07) is 11.3. The monoisotopic (exact) mass is 458 g/mol. The highest BCUT2D eigenvalue weighted by Gasteiger charge is 2.20. The second kappa shape index (κ2) is 10.2. The van der Waals surface area contributed by atoms with Crippen molar-refractivity contribution in [3.05, 3.63) is 64.4 Å². The van der Waals surface area contributed by atoms with Crippen LogP contribution in [-0.4, -0.2) is 49.6 Å². The maximum absolute atomic E-state index is 13.3. The standard InChI is InChI=1S/C23H23FN2O5S/c1-14-21(32-22(25-14)16-8-9-18(29-3)19(11-16)30-4)23(28)31-13-20(27)26(2)12-15-6-5-7-17(24)10-15/h5-11H,12-13H2,1-4H3. The van der Waals surface area contributed by atoms with Crippen molar-refractivity contribution in [3.63, 3.8) is 0 Å². The molecule has 3 aromatic rings. The lowest BCUT2D eigenvalue weighted by atomic mass is 10.2. The van der Waals surface area contributed by atoms with Gasteiger partial charge in [0.2, 0.25) is 0 Å². The lowest BCUT2D eigenvalue weighted by Crippen LogP contribution is -2.30. The molecule has 0 bridgehead atoms. The molecule has 2 aromatic carbocycles. The first-order valence-electron chi connectivity index (χ1n) is 9.67. The molecular formula is C23H23FN2O5S. The van der Waals surface area contributed by atoms with E-state index in [1.165, 1.54) is 28.4 Å². The highest BCUT2D eigenvalue weighted by molar-refractivity contribution is 7.17. The lowest BCUT2D eigenvalue weighted by Gasteiger charge is -2.17. The first-order chi connectivity index (χ1) is 15.3. The van der Waals surface area contributed by atoms with Gasteiger partial charge in [0.15, 0.2) is 18.1 Å². The SMILES string of the molecule is COc1ccc(-c2nc(C)c(C(=O)OCC(=O)N(C)Cc3cccc(F)c3)s2)cc1OC. The van der Waals surface area contributed by atoms with E-state index in [0.29, 0.717) is 32.6 Å². The van der Waals surface area contributed by atoms with Gasteiger partial charge in [-0.2, -0.15) is 0 Å². The maximum atomic E-state index is 13.3. The number of hydrogen-bond donors (Lipinski definition) is 0. The van der Waals surface area contributed by atoms with Crippen LogP contribution in [0.1, 0.15) is 20.9 Å². The number of likely N-dealkylation sites (N-methyl/N-ethyl adjacent to an activating group) is 1. The molecule has 1 amide bonds. The van der Waals surface area contributed by atoms with Crippen molar-refractivity contribution in [1.82, 2.24) is 9.88 Å². The van der Waals surface area contributed by atoms with Gasteiger partial charge in [-0.1, -0.05) is 12.1 Å². The zero-order valence-electron chi connectivity index (χ0n) is 18.2. The molecule has 0 aliphatic heterocycles. The number of halogens is 1. The molecule has 0 spiro atoms. The summed E-state index contributed by atoms with van der Waals surface area (Å²) in [5.74, 6) is -0.260. The summed E-state index contributed by atoms with van der Waals surface area (Å²) >= 11 is 1.17. The minimum Gasteiger partial charge on any atom is -0.493 e. The molecule has 0 aliphatic carbocycles. The summed E-state index contributed by atoms with van der Waals surface area (Å²) in [6.45, 7) is 1.49. The Morgan fingerprint density at radius 3 is 2.53 bits per heavy atom. The number of hydrogen-bond acceptors (Lipinski definition) is 7. The van der Waals surface area contributed by atoms with E-state index in [4.69, 9.17) is 14.2 Å². The molecule has 0 saturated carbocycles. The fourth-order valence-electron chi connectivity index (χ4n) is 2.98. The van der Waals surface area contributed by atoms with Crippen molar-refractivity contribution in [2.45, 2.75) is 13.5 Å². The van der Waals surface area contributed by atoms with Gasteiger partial charge in [-0.3, -0.25) is 4.79 Å². The Balaban J connectivity index is 1.64. The number of rotatable bonds is 8. The lowest BCUT2D eigenvalue weighted by molar-refractivity contribution is -0.133. The fraction of sp³-hybridized carbons (Fsp3) is 0.261. The Kier molecular flexibility index (Phi) is 7.42. The number of esters is 1. The first kappa shape index (κ1) is 23.2. The molecule has 7 nitrogen and oxygen atoms in total. The number of nitrogens with zero attached hydrogens (tertiary/aromatic N) is 2. The minimum atomic E-state index is -0.626. The highest BCUT2D eigenvalue weighted by Crippen LogP contribution is 2.35. The molecule has 0 saturated heterocycles. The Morgan fingerprint density at radius 2 is 1.84 bits per heavy atom. The second-order valence-corrected chi connectivity index (χ2v) is 7.96. The van der Waals surface area contributed by atoms with Crippen LogP contribution < -0.4 is 9.47 Å². The number of thiazole rings is 1. The van der Waals surface area contributed by atoms with Crippen molar-refractivity contribution in [1.29, 1.82) is 0 Å². The molecule has 0 aliphatic rings. The summed E-state index contributed by atoms with van der Waals surface area (Å²) in [5.41, 5.74) is 1.91. The van der Waals surface area contributed by atoms with Crippen molar-refractivity contribution in [2.24, 2.45) is 0 Å². The number of benzene rings is 2. The summed E-state index contributed by atoms with van der Waals surface area (Å²) in [5, 5.41) is 0.616. The van der Waals surface area contributed by atoms with Gasteiger partial charge in [-0.05, 0) is 42.8 Å². The fourth-order valence-corrected chi connectivity index (χ4v) is 3.94. The molecule has 0 N–H and O–H groups in total. The molecule has 168 valence electrons. The number of methoxy groups -OCH3 is 2. The van der Waals surface area contributed by atoms with Gasteiger partial charge in [0.05, 0.1) is 19.9 Å². The van der Waals surface area contributed by atoms with Crippen molar-refractivity contribution in [2.75, 3.05) is 27.9 Å². The third-order valence-electron chi connectivity index (χ3n) is 4.67. The molecule has 0 unspecified atom stereocenters. The van der Waals surface area contributed by atoms with Crippen molar-refractivity contribution in [3.8, 4) is 22.1 Å². The third-order valence-corrected chi connectivity index (χ3v) is 5.86. The van der Waals surface area contributed by atoms with E-state index in [2.05, 4.69) is 4.98 Å². The van der Waals surface area contributed by atoms with Crippen LogP contribution in [0, 0.1) is 12.7 Å². The van der Waals surface area contributed by atoms with Crippen LogP contribution in [0.25, 0.3) is 10.6 Å². The van der Waals surface area contributed by atoms with Gasteiger partial charge in [0, 0.05) is 19.2 Å². The number of carbonyl (C=O) groups is 2. The van der Waals surface area contributed by atoms with Gasteiger partial charge in [0.1, 0.15) is 15.7 Å². The van der Waals surface area contributed by atoms with E-state index in [1.54, 1.807) is 52.5 Å². The van der Waals surface area contributed by atoms with Gasteiger partial charge in [-0.15, -0.1) is 11.3 Å². The van der Waals surface area contributed by atoms with Gasteiger partial charge >= 0.3 is 5.97 Å². The summed E-state index contributed by atoms with van der Waals surface area (Å²) in [6.07, 6.45) is 0. The van der Waals surface area contributed by atoms with E-state index in [-0.39, 0.29) is 12.4 Å². The highest BCUT2D eigenvalue weighted by atomic mass is 32.1. The molecule has 0 fully saturated rings. The molecule has 0 atom stereocenters. The zero-order chi connectivity index (χ0) is 23.3.